The van der Waals surface area contributed by atoms with Gasteiger partial charge in [-0.1, -0.05) is 0 Å². The Hall–Kier alpha value is -0.900. The molecule has 0 aliphatic heterocycles. The Balaban J connectivity index is 3.01. The lowest BCUT2D eigenvalue weighted by Gasteiger charge is -2.01. The van der Waals surface area contributed by atoms with Gasteiger partial charge in [0.2, 0.25) is 0 Å². The molecule has 66 valence electrons. The van der Waals surface area contributed by atoms with Crippen LogP contribution in [0.4, 0.5) is 0 Å². The maximum atomic E-state index is 3.87. The third-order valence-electron chi connectivity index (χ3n) is 1.98. The average Bonchev–Trinajstić information content (AvgIpc) is 2.16. The molecule has 0 saturated heterocycles. The molecule has 0 bridgehead atoms. The van der Waals surface area contributed by atoms with Crippen LogP contribution in [0.1, 0.15) is 16.7 Å². The Bertz CT molecular complexity index is 203. The summed E-state index contributed by atoms with van der Waals surface area (Å²) in [6.45, 7) is 2.54. The smallest absolute Gasteiger partial charge is 0.0997 e. The van der Waals surface area contributed by atoms with Crippen molar-refractivity contribution >= 4 is 0 Å². The molecule has 0 amide bonds. The van der Waals surface area contributed by atoms with Crippen molar-refractivity contribution in [1.82, 2.24) is 0 Å². The van der Waals surface area contributed by atoms with Gasteiger partial charge in [-0.25, -0.2) is 0 Å². The van der Waals surface area contributed by atoms with E-state index in [0.29, 0.717) is 0 Å². The minimum absolute atomic E-state index is 0.848. The third-order valence-corrected chi connectivity index (χ3v) is 1.98. The standard InChI is InChI=1S/C9H15N3/c10-4-7-1-8(5-11)3-9(2-7)6-12/h1-3H,4-6,10-12H2/p+3. The number of hydrogen-bond donors (Lipinski definition) is 3. The van der Waals surface area contributed by atoms with Gasteiger partial charge in [0.05, 0.1) is 19.6 Å². The molecule has 0 atom stereocenters. The maximum absolute atomic E-state index is 3.87. The lowest BCUT2D eigenvalue weighted by atomic mass is 10.1. The molecular formula is C9H18N3+3. The third kappa shape index (κ3) is 2.04. The van der Waals surface area contributed by atoms with Gasteiger partial charge in [-0.2, -0.15) is 0 Å². The van der Waals surface area contributed by atoms with E-state index >= 15 is 0 Å². The highest BCUT2D eigenvalue weighted by atomic mass is 14.6. The van der Waals surface area contributed by atoms with Crippen molar-refractivity contribution in [3.05, 3.63) is 34.9 Å². The molecule has 0 aromatic heterocycles. The largest absolute Gasteiger partial charge is 0.354 e. The van der Waals surface area contributed by atoms with Crippen LogP contribution in [0.15, 0.2) is 18.2 Å². The first kappa shape index (κ1) is 9.19. The molecule has 0 heterocycles. The van der Waals surface area contributed by atoms with E-state index in [1.807, 2.05) is 0 Å². The highest BCUT2D eigenvalue weighted by molar-refractivity contribution is 5.28. The average molecular weight is 168 g/mol. The van der Waals surface area contributed by atoms with E-state index in [9.17, 15) is 0 Å². The van der Waals surface area contributed by atoms with Gasteiger partial charge in [0.1, 0.15) is 0 Å². The van der Waals surface area contributed by atoms with E-state index in [1.165, 1.54) is 16.7 Å². The molecule has 1 rings (SSSR count). The van der Waals surface area contributed by atoms with Crippen LogP contribution in [0, 0.1) is 0 Å². The van der Waals surface area contributed by atoms with Gasteiger partial charge in [0, 0.05) is 16.7 Å². The van der Waals surface area contributed by atoms with Crippen molar-refractivity contribution in [2.24, 2.45) is 0 Å². The van der Waals surface area contributed by atoms with Gasteiger partial charge >= 0.3 is 0 Å². The van der Waals surface area contributed by atoms with Gasteiger partial charge in [0.25, 0.3) is 0 Å². The lowest BCUT2D eigenvalue weighted by Crippen LogP contribution is -2.50. The summed E-state index contributed by atoms with van der Waals surface area (Å²) in [6.07, 6.45) is 0. The first-order chi connectivity index (χ1) is 5.80. The molecule has 0 aliphatic rings. The van der Waals surface area contributed by atoms with Crippen molar-refractivity contribution in [3.63, 3.8) is 0 Å². The molecule has 0 spiro atoms. The topological polar surface area (TPSA) is 82.9 Å². The summed E-state index contributed by atoms with van der Waals surface area (Å²) in [5.41, 5.74) is 15.5. The van der Waals surface area contributed by atoms with E-state index in [1.54, 1.807) is 0 Å². The van der Waals surface area contributed by atoms with Crippen LogP contribution in [0.25, 0.3) is 0 Å². The first-order valence-electron chi connectivity index (χ1n) is 4.29. The second-order valence-electron chi connectivity index (χ2n) is 2.91. The highest BCUT2D eigenvalue weighted by Crippen LogP contribution is 2.07. The molecule has 9 N–H and O–H groups in total. The fourth-order valence-corrected chi connectivity index (χ4v) is 1.27. The predicted octanol–water partition coefficient (Wildman–Crippen LogP) is -2.09. The maximum Gasteiger partial charge on any atom is 0.0997 e. The molecule has 0 saturated carbocycles. The SMILES string of the molecule is [NH3+]Cc1cc(C[NH3+])cc(C[NH3+])c1. The van der Waals surface area contributed by atoms with Gasteiger partial charge in [-0.05, 0) is 18.2 Å². The van der Waals surface area contributed by atoms with Crippen LogP contribution in [-0.4, -0.2) is 0 Å². The molecule has 1 aromatic carbocycles. The van der Waals surface area contributed by atoms with Crippen LogP contribution in [0.2, 0.25) is 0 Å². The van der Waals surface area contributed by atoms with Gasteiger partial charge in [0.15, 0.2) is 0 Å². The zero-order valence-corrected chi connectivity index (χ0v) is 7.47. The Kier molecular flexibility index (Phi) is 3.22. The van der Waals surface area contributed by atoms with E-state index in [2.05, 4.69) is 35.4 Å². The fraction of sp³-hybridized carbons (Fsp3) is 0.333. The van der Waals surface area contributed by atoms with E-state index in [4.69, 9.17) is 0 Å². The molecule has 0 aliphatic carbocycles. The molecule has 3 heteroatoms. The van der Waals surface area contributed by atoms with Crippen molar-refractivity contribution in [2.75, 3.05) is 0 Å². The zero-order valence-electron chi connectivity index (χ0n) is 7.47. The second kappa shape index (κ2) is 4.21. The van der Waals surface area contributed by atoms with Crippen LogP contribution in [0.3, 0.4) is 0 Å². The fourth-order valence-electron chi connectivity index (χ4n) is 1.27. The predicted molar refractivity (Wildman–Crippen MR) is 46.2 cm³/mol. The number of quaternary nitrogens is 3. The number of rotatable bonds is 3. The molecule has 3 nitrogen and oxygen atoms in total. The summed E-state index contributed by atoms with van der Waals surface area (Å²) < 4.78 is 0. The summed E-state index contributed by atoms with van der Waals surface area (Å²) >= 11 is 0. The monoisotopic (exact) mass is 168 g/mol. The van der Waals surface area contributed by atoms with Crippen LogP contribution in [-0.2, 0) is 19.6 Å². The summed E-state index contributed by atoms with van der Waals surface area (Å²) in [7, 11) is 0. The molecule has 0 unspecified atom stereocenters. The van der Waals surface area contributed by atoms with Crippen LogP contribution in [0.5, 0.6) is 0 Å². The van der Waals surface area contributed by atoms with Crippen LogP contribution >= 0.6 is 0 Å². The Morgan fingerprint density at radius 2 is 0.917 bits per heavy atom. The van der Waals surface area contributed by atoms with E-state index in [0.717, 1.165) is 19.6 Å². The Morgan fingerprint density at radius 1 is 0.667 bits per heavy atom. The Labute approximate surface area is 72.5 Å². The summed E-state index contributed by atoms with van der Waals surface area (Å²) in [6, 6.07) is 6.50. The van der Waals surface area contributed by atoms with Crippen molar-refractivity contribution in [2.45, 2.75) is 19.6 Å². The number of hydrogen-bond acceptors (Lipinski definition) is 0. The Morgan fingerprint density at radius 3 is 1.08 bits per heavy atom. The summed E-state index contributed by atoms with van der Waals surface area (Å²) in [5.74, 6) is 0. The van der Waals surface area contributed by atoms with E-state index < -0.39 is 0 Å². The normalized spacial score (nSPS) is 10.2. The van der Waals surface area contributed by atoms with Crippen molar-refractivity contribution in [1.29, 1.82) is 0 Å². The van der Waals surface area contributed by atoms with Crippen molar-refractivity contribution in [3.8, 4) is 0 Å². The lowest BCUT2D eigenvalue weighted by molar-refractivity contribution is -0.389. The molecule has 1 aromatic rings. The molecular weight excluding hydrogens is 150 g/mol. The summed E-state index contributed by atoms with van der Waals surface area (Å²) in [4.78, 5) is 0. The van der Waals surface area contributed by atoms with Gasteiger partial charge in [-0.3, -0.25) is 0 Å². The van der Waals surface area contributed by atoms with Crippen molar-refractivity contribution < 1.29 is 17.2 Å². The first-order valence-corrected chi connectivity index (χ1v) is 4.29. The van der Waals surface area contributed by atoms with Gasteiger partial charge < -0.3 is 17.2 Å². The van der Waals surface area contributed by atoms with Gasteiger partial charge in [-0.15, -0.1) is 0 Å². The highest BCUT2D eigenvalue weighted by Gasteiger charge is 2.00. The second-order valence-corrected chi connectivity index (χ2v) is 2.91. The minimum Gasteiger partial charge on any atom is -0.354 e. The zero-order chi connectivity index (χ0) is 8.97. The van der Waals surface area contributed by atoms with E-state index in [-0.39, 0.29) is 0 Å². The molecule has 0 fully saturated rings. The molecule has 12 heavy (non-hydrogen) atoms. The minimum atomic E-state index is 0.848. The summed E-state index contributed by atoms with van der Waals surface area (Å²) in [5, 5.41) is 0. The molecule has 0 radical (unpaired) electrons. The number of benzene rings is 1. The van der Waals surface area contributed by atoms with Crippen LogP contribution < -0.4 is 17.2 Å². The quantitative estimate of drug-likeness (QED) is 0.462.